The summed E-state index contributed by atoms with van der Waals surface area (Å²) in [5, 5.41) is 17.5. The molecule has 23 heavy (non-hydrogen) atoms. The van der Waals surface area contributed by atoms with Gasteiger partial charge in [-0.25, -0.2) is 0 Å². The van der Waals surface area contributed by atoms with Crippen molar-refractivity contribution in [2.24, 2.45) is 17.3 Å². The Morgan fingerprint density at radius 2 is 1.83 bits per heavy atom. The molecular weight excluding hydrogens is 294 g/mol. The molecule has 3 heterocycles. The molecule has 0 unspecified atom stereocenters. The third-order valence-corrected chi connectivity index (χ3v) is 6.06. The van der Waals surface area contributed by atoms with Crippen molar-refractivity contribution in [2.45, 2.75) is 25.8 Å². The van der Waals surface area contributed by atoms with E-state index in [4.69, 9.17) is 0 Å². The van der Waals surface area contributed by atoms with Crippen LogP contribution >= 0.6 is 0 Å². The number of aromatic nitrogens is 3. The predicted molar refractivity (Wildman–Crippen MR) is 83.8 cm³/mol. The lowest BCUT2D eigenvalue weighted by molar-refractivity contribution is -0.149. The maximum atomic E-state index is 12.0. The van der Waals surface area contributed by atoms with Gasteiger partial charge in [-0.1, -0.05) is 6.42 Å². The molecular formula is C16H25N5O2. The molecule has 0 bridgehead atoms. The molecule has 3 fully saturated rings. The molecule has 0 aromatic carbocycles. The molecule has 1 N–H and O–H groups in total. The second-order valence-corrected chi connectivity index (χ2v) is 7.58. The number of carbonyl (C=O) groups is 1. The predicted octanol–water partition coefficient (Wildman–Crippen LogP) is 0.397. The lowest BCUT2D eigenvalue weighted by Crippen LogP contribution is -2.42. The van der Waals surface area contributed by atoms with E-state index in [1.165, 1.54) is 19.3 Å². The van der Waals surface area contributed by atoms with Crippen molar-refractivity contribution in [3.8, 4) is 0 Å². The zero-order chi connectivity index (χ0) is 15.9. The maximum absolute atomic E-state index is 12.0. The van der Waals surface area contributed by atoms with Crippen LogP contribution in [0, 0.1) is 17.3 Å². The Labute approximate surface area is 136 Å². The van der Waals surface area contributed by atoms with E-state index in [9.17, 15) is 9.90 Å². The summed E-state index contributed by atoms with van der Waals surface area (Å²) in [6.45, 7) is 6.05. The van der Waals surface area contributed by atoms with E-state index in [2.05, 4.69) is 20.0 Å². The molecule has 3 aliphatic rings. The second kappa shape index (κ2) is 5.87. The van der Waals surface area contributed by atoms with Crippen LogP contribution in [-0.4, -0.2) is 74.9 Å². The molecule has 126 valence electrons. The van der Waals surface area contributed by atoms with Crippen LogP contribution in [0.3, 0.4) is 0 Å². The van der Waals surface area contributed by atoms with E-state index < -0.39 is 11.4 Å². The van der Waals surface area contributed by atoms with Gasteiger partial charge in [-0.05, 0) is 18.8 Å². The largest absolute Gasteiger partial charge is 0.481 e. The minimum atomic E-state index is -0.606. The Bertz CT molecular complexity index is 559. The summed E-state index contributed by atoms with van der Waals surface area (Å²) >= 11 is 0. The van der Waals surface area contributed by atoms with E-state index in [1.54, 1.807) is 12.7 Å². The molecule has 0 spiro atoms. The SMILES string of the molecule is O=C(O)[C@]12CN(CCn3cnnc3)C[C@H]1CN(CC1CCC1)C2. The van der Waals surface area contributed by atoms with Gasteiger partial charge < -0.3 is 14.6 Å². The van der Waals surface area contributed by atoms with Gasteiger partial charge >= 0.3 is 5.97 Å². The van der Waals surface area contributed by atoms with Crippen molar-refractivity contribution >= 4 is 5.97 Å². The fourth-order valence-electron chi connectivity index (χ4n) is 4.52. The van der Waals surface area contributed by atoms with Crippen LogP contribution in [0.2, 0.25) is 0 Å². The Kier molecular flexibility index (Phi) is 3.85. The van der Waals surface area contributed by atoms with Gasteiger partial charge in [0.2, 0.25) is 0 Å². The third-order valence-electron chi connectivity index (χ3n) is 6.06. The lowest BCUT2D eigenvalue weighted by atomic mass is 9.81. The minimum absolute atomic E-state index is 0.265. The van der Waals surface area contributed by atoms with E-state index in [-0.39, 0.29) is 5.92 Å². The Balaban J connectivity index is 1.37. The molecule has 2 saturated heterocycles. The normalized spacial score (nSPS) is 32.1. The van der Waals surface area contributed by atoms with Crippen molar-refractivity contribution in [1.29, 1.82) is 0 Å². The zero-order valence-electron chi connectivity index (χ0n) is 13.5. The summed E-state index contributed by atoms with van der Waals surface area (Å²) in [6, 6.07) is 0. The van der Waals surface area contributed by atoms with Crippen LogP contribution in [0.5, 0.6) is 0 Å². The van der Waals surface area contributed by atoms with Gasteiger partial charge in [-0.3, -0.25) is 9.69 Å². The van der Waals surface area contributed by atoms with Crippen LogP contribution in [0.1, 0.15) is 19.3 Å². The number of fused-ring (bicyclic) bond motifs is 1. The van der Waals surface area contributed by atoms with Crippen LogP contribution in [0.4, 0.5) is 0 Å². The number of nitrogens with zero attached hydrogens (tertiary/aromatic N) is 5. The summed E-state index contributed by atoms with van der Waals surface area (Å²) < 4.78 is 1.95. The number of carboxylic acids is 1. The number of hydrogen-bond donors (Lipinski definition) is 1. The van der Waals surface area contributed by atoms with Crippen LogP contribution < -0.4 is 0 Å². The fraction of sp³-hybridized carbons (Fsp3) is 0.812. The first-order chi connectivity index (χ1) is 11.2. The van der Waals surface area contributed by atoms with Crippen molar-refractivity contribution in [3.63, 3.8) is 0 Å². The van der Waals surface area contributed by atoms with E-state index in [1.807, 2.05) is 4.57 Å². The maximum Gasteiger partial charge on any atom is 0.312 e. The summed E-state index contributed by atoms with van der Waals surface area (Å²) in [5.74, 6) is 0.468. The van der Waals surface area contributed by atoms with Gasteiger partial charge in [0, 0.05) is 51.7 Å². The molecule has 4 rings (SSSR count). The highest BCUT2D eigenvalue weighted by molar-refractivity contribution is 5.77. The van der Waals surface area contributed by atoms with Gasteiger partial charge in [0.05, 0.1) is 5.41 Å². The first-order valence-corrected chi connectivity index (χ1v) is 8.66. The van der Waals surface area contributed by atoms with Gasteiger partial charge in [-0.2, -0.15) is 0 Å². The van der Waals surface area contributed by atoms with E-state index in [0.717, 1.165) is 45.2 Å². The summed E-state index contributed by atoms with van der Waals surface area (Å²) in [5.41, 5.74) is -0.559. The third kappa shape index (κ3) is 2.76. The Morgan fingerprint density at radius 1 is 1.13 bits per heavy atom. The molecule has 1 aromatic heterocycles. The van der Waals surface area contributed by atoms with Crippen LogP contribution in [-0.2, 0) is 11.3 Å². The topological polar surface area (TPSA) is 74.5 Å². The Morgan fingerprint density at radius 3 is 2.43 bits per heavy atom. The number of rotatable bonds is 6. The molecule has 1 saturated carbocycles. The average Bonchev–Trinajstić information content (AvgIpc) is 3.15. The van der Waals surface area contributed by atoms with Crippen LogP contribution in [0.15, 0.2) is 12.7 Å². The Hall–Kier alpha value is -1.47. The highest BCUT2D eigenvalue weighted by Crippen LogP contribution is 2.43. The van der Waals surface area contributed by atoms with Crippen molar-refractivity contribution in [3.05, 3.63) is 12.7 Å². The van der Waals surface area contributed by atoms with Crippen LogP contribution in [0.25, 0.3) is 0 Å². The number of aliphatic carboxylic acids is 1. The number of hydrogen-bond acceptors (Lipinski definition) is 5. The molecule has 0 amide bonds. The standard InChI is InChI=1S/C16H25N5O2/c22-15(23)16-9-19(4-5-20-11-17-18-12-20)7-14(16)8-21(10-16)6-13-2-1-3-13/h11-14H,1-10H2,(H,22,23)/t14-,16-/m0/s1. The lowest BCUT2D eigenvalue weighted by Gasteiger charge is -2.31. The molecule has 7 heteroatoms. The summed E-state index contributed by atoms with van der Waals surface area (Å²) in [7, 11) is 0. The first kappa shape index (κ1) is 15.1. The van der Waals surface area contributed by atoms with Gasteiger partial charge in [-0.15, -0.1) is 10.2 Å². The van der Waals surface area contributed by atoms with Gasteiger partial charge in [0.1, 0.15) is 12.7 Å². The van der Waals surface area contributed by atoms with Gasteiger partial charge in [0.15, 0.2) is 0 Å². The smallest absolute Gasteiger partial charge is 0.312 e. The molecule has 1 aromatic rings. The highest BCUT2D eigenvalue weighted by Gasteiger charge is 2.57. The molecule has 2 atom stereocenters. The summed E-state index contributed by atoms with van der Waals surface area (Å²) in [4.78, 5) is 16.7. The number of likely N-dealkylation sites (tertiary alicyclic amines) is 2. The first-order valence-electron chi connectivity index (χ1n) is 8.66. The fourth-order valence-corrected chi connectivity index (χ4v) is 4.52. The molecule has 2 aliphatic heterocycles. The second-order valence-electron chi connectivity index (χ2n) is 7.58. The summed E-state index contributed by atoms with van der Waals surface area (Å²) in [6.07, 6.45) is 7.43. The average molecular weight is 319 g/mol. The monoisotopic (exact) mass is 319 g/mol. The minimum Gasteiger partial charge on any atom is -0.481 e. The molecule has 7 nitrogen and oxygen atoms in total. The molecule has 0 radical (unpaired) electrons. The van der Waals surface area contributed by atoms with Crippen molar-refractivity contribution < 1.29 is 9.90 Å². The van der Waals surface area contributed by atoms with Crippen molar-refractivity contribution in [2.75, 3.05) is 39.3 Å². The van der Waals surface area contributed by atoms with E-state index >= 15 is 0 Å². The zero-order valence-corrected chi connectivity index (χ0v) is 13.5. The van der Waals surface area contributed by atoms with Gasteiger partial charge in [0.25, 0.3) is 0 Å². The number of carboxylic acid groups (broad SMARTS) is 1. The quantitative estimate of drug-likeness (QED) is 0.818. The van der Waals surface area contributed by atoms with E-state index in [0.29, 0.717) is 6.54 Å². The molecule has 1 aliphatic carbocycles. The van der Waals surface area contributed by atoms with Crippen molar-refractivity contribution in [1.82, 2.24) is 24.6 Å². The highest BCUT2D eigenvalue weighted by atomic mass is 16.4.